The van der Waals surface area contributed by atoms with Gasteiger partial charge in [0.15, 0.2) is 0 Å². The second kappa shape index (κ2) is 13.7. The molecule has 2 aromatic carbocycles. The van der Waals surface area contributed by atoms with Gasteiger partial charge < -0.3 is 25.2 Å². The Bertz CT molecular complexity index is 2050. The number of pyridine rings is 2. The maximum absolute atomic E-state index is 11.7. The number of amides is 1. The van der Waals surface area contributed by atoms with Crippen molar-refractivity contribution in [2.24, 2.45) is 5.92 Å². The predicted octanol–water partition coefficient (Wildman–Crippen LogP) is 6.66. The highest BCUT2D eigenvalue weighted by Crippen LogP contribution is 2.47. The number of rotatable bonds is 10. The van der Waals surface area contributed by atoms with Gasteiger partial charge in [0, 0.05) is 77.6 Å². The molecule has 2 fully saturated rings. The van der Waals surface area contributed by atoms with Crippen LogP contribution >= 0.6 is 23.2 Å². The Labute approximate surface area is 306 Å². The number of carbonyl (C=O) groups excluding carboxylic acids is 1. The van der Waals surface area contributed by atoms with Crippen LogP contribution in [0.25, 0.3) is 33.6 Å². The molecule has 2 aliphatic heterocycles. The average Bonchev–Trinajstić information content (AvgIpc) is 3.84. The molecule has 264 valence electrons. The molecular weight excluding hydrogens is 689 g/mol. The van der Waals surface area contributed by atoms with Gasteiger partial charge in [0.25, 0.3) is 0 Å². The van der Waals surface area contributed by atoms with Gasteiger partial charge in [0.05, 0.1) is 41.6 Å². The van der Waals surface area contributed by atoms with Gasteiger partial charge in [-0.1, -0.05) is 59.6 Å². The lowest BCUT2D eigenvalue weighted by molar-refractivity contribution is -0.148. The van der Waals surface area contributed by atoms with Crippen molar-refractivity contribution in [1.82, 2.24) is 25.5 Å². The molecular formula is C39H39Cl2N5O5. The largest absolute Gasteiger partial charge is 0.481 e. The first-order valence-corrected chi connectivity index (χ1v) is 18.2. The van der Waals surface area contributed by atoms with Gasteiger partial charge >= 0.3 is 5.97 Å². The number of methoxy groups -OCH3 is 2. The number of halogens is 2. The Balaban J connectivity index is 1.09. The summed E-state index contributed by atoms with van der Waals surface area (Å²) < 4.78 is 11.7. The summed E-state index contributed by atoms with van der Waals surface area (Å²) >= 11 is 14.4. The number of nitrogens with one attached hydrogen (secondary N) is 2. The highest BCUT2D eigenvalue weighted by molar-refractivity contribution is 6.39. The summed E-state index contributed by atoms with van der Waals surface area (Å²) in [6, 6.07) is 16.3. The van der Waals surface area contributed by atoms with E-state index in [0.717, 1.165) is 76.7 Å². The third kappa shape index (κ3) is 6.12. The molecule has 51 heavy (non-hydrogen) atoms. The van der Waals surface area contributed by atoms with E-state index in [2.05, 4.69) is 27.7 Å². The van der Waals surface area contributed by atoms with Gasteiger partial charge in [0.2, 0.25) is 17.7 Å². The van der Waals surface area contributed by atoms with E-state index in [-0.39, 0.29) is 30.0 Å². The molecule has 3 N–H and O–H groups in total. The van der Waals surface area contributed by atoms with Crippen molar-refractivity contribution >= 4 is 35.1 Å². The lowest BCUT2D eigenvalue weighted by atomic mass is 9.95. The summed E-state index contributed by atoms with van der Waals surface area (Å²) in [4.78, 5) is 35.2. The van der Waals surface area contributed by atoms with Crippen molar-refractivity contribution < 1.29 is 24.2 Å². The fourth-order valence-electron chi connectivity index (χ4n) is 8.26. The minimum Gasteiger partial charge on any atom is -0.481 e. The number of carboxylic acids is 1. The van der Waals surface area contributed by atoms with Crippen molar-refractivity contribution in [2.75, 3.05) is 33.9 Å². The Morgan fingerprint density at radius 1 is 0.863 bits per heavy atom. The number of fused-ring (bicyclic) bond motifs is 2. The topological polar surface area (TPSA) is 126 Å². The number of hydrogen-bond donors (Lipinski definition) is 3. The standard InChI is InChI=1S/C39H39Cl2N5O5/c1-50-37-33-20(9-12-28(33)42-17-23-11-14-32(47)43-23)15-29(44-37)26-7-3-5-24(35(26)40)25-6-4-8-27(36(25)41)30-16-21-10-13-31(34(21)38(45-30)51-2)46-18-22(19-46)39(48)49/h3-8,15-16,22-23,28,31,42H,9-14,17-19H2,1-2H3,(H,43,47)(H,48,49)/t23-,28-,31-/m0/s1. The van der Waals surface area contributed by atoms with Gasteiger partial charge in [-0.3, -0.25) is 14.5 Å². The lowest BCUT2D eigenvalue weighted by Crippen LogP contribution is -2.51. The van der Waals surface area contributed by atoms with Gasteiger partial charge in [0.1, 0.15) is 0 Å². The van der Waals surface area contributed by atoms with Crippen LogP contribution in [0.4, 0.5) is 0 Å². The molecule has 4 heterocycles. The molecule has 12 heteroatoms. The maximum Gasteiger partial charge on any atom is 0.309 e. The van der Waals surface area contributed by atoms with E-state index in [1.54, 1.807) is 14.2 Å². The van der Waals surface area contributed by atoms with E-state index in [9.17, 15) is 14.7 Å². The van der Waals surface area contributed by atoms with E-state index in [4.69, 9.17) is 42.6 Å². The average molecular weight is 729 g/mol. The molecule has 1 amide bonds. The zero-order valence-electron chi connectivity index (χ0n) is 28.5. The van der Waals surface area contributed by atoms with Crippen molar-refractivity contribution in [3.8, 4) is 45.4 Å². The minimum atomic E-state index is -0.747. The zero-order valence-corrected chi connectivity index (χ0v) is 30.0. The van der Waals surface area contributed by atoms with Crippen LogP contribution in [0.5, 0.6) is 11.8 Å². The van der Waals surface area contributed by atoms with Crippen LogP contribution in [0.2, 0.25) is 10.0 Å². The Morgan fingerprint density at radius 2 is 1.43 bits per heavy atom. The van der Waals surface area contributed by atoms with E-state index < -0.39 is 5.97 Å². The van der Waals surface area contributed by atoms with Crippen molar-refractivity contribution in [2.45, 2.75) is 56.7 Å². The van der Waals surface area contributed by atoms with Gasteiger partial charge in [-0.25, -0.2) is 9.97 Å². The smallest absolute Gasteiger partial charge is 0.309 e. The molecule has 2 aliphatic carbocycles. The summed E-state index contributed by atoms with van der Waals surface area (Å²) in [7, 11) is 3.27. The molecule has 8 rings (SSSR count). The van der Waals surface area contributed by atoms with Crippen LogP contribution in [-0.2, 0) is 22.4 Å². The molecule has 0 radical (unpaired) electrons. The molecule has 4 aromatic rings. The number of carboxylic acid groups (broad SMARTS) is 1. The third-order valence-corrected chi connectivity index (χ3v) is 11.7. The van der Waals surface area contributed by atoms with Crippen LogP contribution in [0, 0.1) is 5.92 Å². The second-order valence-corrected chi connectivity index (χ2v) is 14.6. The molecule has 10 nitrogen and oxygen atoms in total. The van der Waals surface area contributed by atoms with Crippen LogP contribution in [0.1, 0.15) is 60.0 Å². The van der Waals surface area contributed by atoms with Crippen LogP contribution < -0.4 is 20.1 Å². The summed E-state index contributed by atoms with van der Waals surface area (Å²) in [6.07, 6.45) is 4.95. The molecule has 0 unspecified atom stereocenters. The molecule has 0 bridgehead atoms. The quantitative estimate of drug-likeness (QED) is 0.164. The summed E-state index contributed by atoms with van der Waals surface area (Å²) in [5.41, 5.74) is 8.94. The van der Waals surface area contributed by atoms with Gasteiger partial charge in [-0.15, -0.1) is 0 Å². The van der Waals surface area contributed by atoms with E-state index in [1.807, 2.05) is 36.4 Å². The number of hydrogen-bond acceptors (Lipinski definition) is 8. The normalized spacial score (nSPS) is 21.3. The van der Waals surface area contributed by atoms with Crippen LogP contribution in [0.15, 0.2) is 48.5 Å². The summed E-state index contributed by atoms with van der Waals surface area (Å²) in [6.45, 7) is 1.77. The number of benzene rings is 2. The number of nitrogens with zero attached hydrogens (tertiary/aromatic N) is 3. The molecule has 0 spiro atoms. The zero-order chi connectivity index (χ0) is 35.4. The Hall–Kier alpha value is -4.22. The Kier molecular flexibility index (Phi) is 9.12. The Morgan fingerprint density at radius 3 is 2.00 bits per heavy atom. The number of ether oxygens (including phenoxy) is 2. The van der Waals surface area contributed by atoms with Crippen molar-refractivity contribution in [3.63, 3.8) is 0 Å². The maximum atomic E-state index is 11.7. The molecule has 4 aliphatic rings. The fraction of sp³-hybridized carbons (Fsp3) is 0.385. The minimum absolute atomic E-state index is 0.0882. The summed E-state index contributed by atoms with van der Waals surface area (Å²) in [5.74, 6) is 0.158. The first-order valence-electron chi connectivity index (χ1n) is 17.5. The first kappa shape index (κ1) is 33.9. The summed E-state index contributed by atoms with van der Waals surface area (Å²) in [5, 5.41) is 17.1. The molecule has 2 saturated heterocycles. The molecule has 2 aromatic heterocycles. The third-order valence-electron chi connectivity index (χ3n) is 10.9. The van der Waals surface area contributed by atoms with Crippen molar-refractivity contribution in [1.29, 1.82) is 0 Å². The molecule has 3 atom stereocenters. The van der Waals surface area contributed by atoms with Crippen LogP contribution in [0.3, 0.4) is 0 Å². The highest BCUT2D eigenvalue weighted by atomic mass is 35.5. The van der Waals surface area contributed by atoms with Crippen molar-refractivity contribution in [3.05, 3.63) is 80.8 Å². The lowest BCUT2D eigenvalue weighted by Gasteiger charge is -2.41. The number of aromatic nitrogens is 2. The fourth-order valence-corrected chi connectivity index (χ4v) is 8.91. The number of likely N-dealkylation sites (tertiary alicyclic amines) is 1. The van der Waals surface area contributed by atoms with Crippen LogP contribution in [-0.4, -0.2) is 71.7 Å². The van der Waals surface area contributed by atoms with Gasteiger partial charge in [-0.2, -0.15) is 0 Å². The SMILES string of the molecule is COc1nc(-c2cccc(-c3cccc(-c4cc5c(c(OC)n4)[C@@H](N4CC(C(=O)O)C4)CC5)c3Cl)c2Cl)cc2c1[C@@H](NC[C@@H]1CCC(=O)N1)CC2. The predicted molar refractivity (Wildman–Crippen MR) is 195 cm³/mol. The van der Waals surface area contributed by atoms with E-state index in [0.29, 0.717) is 53.6 Å². The second-order valence-electron chi connectivity index (χ2n) is 13.9. The number of carbonyl (C=O) groups is 2. The van der Waals surface area contributed by atoms with E-state index in [1.165, 1.54) is 5.56 Å². The number of aliphatic carboxylic acids is 1. The van der Waals surface area contributed by atoms with E-state index >= 15 is 0 Å². The monoisotopic (exact) mass is 727 g/mol. The molecule has 0 saturated carbocycles. The highest BCUT2D eigenvalue weighted by Gasteiger charge is 2.41. The first-order chi connectivity index (χ1) is 24.7. The van der Waals surface area contributed by atoms with Gasteiger partial charge in [-0.05, 0) is 55.4 Å². The number of aryl methyl sites for hydroxylation is 2.